The van der Waals surface area contributed by atoms with Crippen molar-refractivity contribution in [3.05, 3.63) is 30.1 Å². The fourth-order valence-electron chi connectivity index (χ4n) is 5.78. The van der Waals surface area contributed by atoms with Gasteiger partial charge in [-0.1, -0.05) is 6.07 Å². The van der Waals surface area contributed by atoms with E-state index < -0.39 is 5.91 Å². The highest BCUT2D eigenvalue weighted by Gasteiger charge is 2.54. The lowest BCUT2D eigenvalue weighted by Crippen LogP contribution is -2.53. The van der Waals surface area contributed by atoms with Gasteiger partial charge in [0.2, 0.25) is 11.8 Å². The van der Waals surface area contributed by atoms with E-state index >= 15 is 0 Å². The third-order valence-corrected chi connectivity index (χ3v) is 6.60. The molecular formula is C21H28N4O3. The molecule has 0 saturated heterocycles. The van der Waals surface area contributed by atoms with E-state index in [1.807, 2.05) is 0 Å². The van der Waals surface area contributed by atoms with Crippen LogP contribution in [0.3, 0.4) is 0 Å². The first-order valence-electron chi connectivity index (χ1n) is 10.3. The molecular weight excluding hydrogens is 356 g/mol. The molecule has 0 aromatic carbocycles. The third-order valence-electron chi connectivity index (χ3n) is 6.60. The molecule has 1 aromatic rings. The predicted molar refractivity (Wildman–Crippen MR) is 103 cm³/mol. The van der Waals surface area contributed by atoms with E-state index in [1.165, 1.54) is 25.5 Å². The summed E-state index contributed by atoms with van der Waals surface area (Å²) in [4.78, 5) is 40.5. The van der Waals surface area contributed by atoms with E-state index in [0.717, 1.165) is 37.0 Å². The van der Waals surface area contributed by atoms with Crippen LogP contribution in [0.2, 0.25) is 0 Å². The summed E-state index contributed by atoms with van der Waals surface area (Å²) in [5.74, 6) is 1.68. The summed E-state index contributed by atoms with van der Waals surface area (Å²) in [5, 5.41) is 3.07. The van der Waals surface area contributed by atoms with E-state index in [9.17, 15) is 14.4 Å². The SMILES string of the molecule is O=C(CCCNC(=O)C12CC3CC(CC(C3)C1)C2)NNC(=O)c1ccccn1. The second-order valence-corrected chi connectivity index (χ2v) is 8.77. The molecule has 0 radical (unpaired) electrons. The summed E-state index contributed by atoms with van der Waals surface area (Å²) in [6.07, 6.45) is 9.39. The molecule has 5 rings (SSSR count). The normalized spacial score (nSPS) is 29.9. The zero-order valence-electron chi connectivity index (χ0n) is 16.1. The Balaban J connectivity index is 1.15. The van der Waals surface area contributed by atoms with Gasteiger partial charge < -0.3 is 5.32 Å². The van der Waals surface area contributed by atoms with Crippen molar-refractivity contribution in [1.82, 2.24) is 21.2 Å². The predicted octanol–water partition coefficient (Wildman–Crippen LogP) is 1.96. The third kappa shape index (κ3) is 4.03. The van der Waals surface area contributed by atoms with Crippen molar-refractivity contribution in [2.24, 2.45) is 23.2 Å². The van der Waals surface area contributed by atoms with Crippen LogP contribution in [0.1, 0.15) is 61.9 Å². The Kier molecular flexibility index (Phi) is 5.33. The number of carbonyl (C=O) groups is 3. The standard InChI is InChI=1S/C21H28N4O3/c26-18(24-25-19(27)17-4-1-2-6-22-17)5-3-7-23-20(28)21-11-14-8-15(12-21)10-16(9-14)13-21/h1-2,4,6,14-16H,3,5,7-13H2,(H,23,28)(H,24,26)(H,25,27). The van der Waals surface area contributed by atoms with Gasteiger partial charge in [0.1, 0.15) is 5.69 Å². The number of nitrogens with one attached hydrogen (secondary N) is 3. The Morgan fingerprint density at radius 1 is 1.00 bits per heavy atom. The molecule has 4 fully saturated rings. The molecule has 0 aliphatic heterocycles. The maximum Gasteiger partial charge on any atom is 0.288 e. The van der Waals surface area contributed by atoms with Gasteiger partial charge in [0.15, 0.2) is 0 Å². The first kappa shape index (κ1) is 18.9. The average Bonchev–Trinajstić information content (AvgIpc) is 2.69. The molecule has 3 amide bonds. The van der Waals surface area contributed by atoms with Crippen LogP contribution in [0, 0.1) is 23.2 Å². The number of nitrogens with zero attached hydrogens (tertiary/aromatic N) is 1. The molecule has 1 heterocycles. The zero-order chi connectivity index (χ0) is 19.6. The Hall–Kier alpha value is -2.44. The van der Waals surface area contributed by atoms with Gasteiger partial charge >= 0.3 is 0 Å². The largest absolute Gasteiger partial charge is 0.356 e. The summed E-state index contributed by atoms with van der Waals surface area (Å²) in [7, 11) is 0. The lowest BCUT2D eigenvalue weighted by Gasteiger charge is -2.55. The molecule has 4 bridgehead atoms. The van der Waals surface area contributed by atoms with Crippen LogP contribution in [-0.2, 0) is 9.59 Å². The highest BCUT2D eigenvalue weighted by molar-refractivity contribution is 5.93. The number of hydrogen-bond donors (Lipinski definition) is 3. The van der Waals surface area contributed by atoms with Crippen molar-refractivity contribution in [1.29, 1.82) is 0 Å². The summed E-state index contributed by atoms with van der Waals surface area (Å²) in [6.45, 7) is 0.488. The van der Waals surface area contributed by atoms with Gasteiger partial charge in [-0.25, -0.2) is 0 Å². The average molecular weight is 384 g/mol. The van der Waals surface area contributed by atoms with Gasteiger partial charge in [-0.05, 0) is 74.8 Å². The van der Waals surface area contributed by atoms with Crippen LogP contribution >= 0.6 is 0 Å². The fourth-order valence-corrected chi connectivity index (χ4v) is 5.78. The van der Waals surface area contributed by atoms with Crippen LogP contribution in [-0.4, -0.2) is 29.3 Å². The quantitative estimate of drug-likeness (QED) is 0.515. The first-order valence-corrected chi connectivity index (χ1v) is 10.3. The molecule has 4 saturated carbocycles. The number of carbonyl (C=O) groups excluding carboxylic acids is 3. The first-order chi connectivity index (χ1) is 13.5. The van der Waals surface area contributed by atoms with Crippen LogP contribution in [0.25, 0.3) is 0 Å². The highest BCUT2D eigenvalue weighted by Crippen LogP contribution is 2.60. The van der Waals surface area contributed by atoms with Crippen LogP contribution in [0.15, 0.2) is 24.4 Å². The summed E-state index contributed by atoms with van der Waals surface area (Å²) < 4.78 is 0. The summed E-state index contributed by atoms with van der Waals surface area (Å²) >= 11 is 0. The number of pyridine rings is 1. The van der Waals surface area contributed by atoms with E-state index in [2.05, 4.69) is 21.2 Å². The van der Waals surface area contributed by atoms with Gasteiger partial charge in [0, 0.05) is 24.6 Å². The molecule has 150 valence electrons. The van der Waals surface area contributed by atoms with Gasteiger partial charge in [-0.3, -0.25) is 30.2 Å². The zero-order valence-corrected chi connectivity index (χ0v) is 16.1. The van der Waals surface area contributed by atoms with Gasteiger partial charge in [0.05, 0.1) is 0 Å². The minimum absolute atomic E-state index is 0.145. The van der Waals surface area contributed by atoms with E-state index in [0.29, 0.717) is 13.0 Å². The van der Waals surface area contributed by atoms with Crippen molar-refractivity contribution in [2.45, 2.75) is 51.4 Å². The van der Waals surface area contributed by atoms with Crippen molar-refractivity contribution in [3.63, 3.8) is 0 Å². The second kappa shape index (κ2) is 7.89. The molecule has 4 aliphatic rings. The monoisotopic (exact) mass is 384 g/mol. The van der Waals surface area contributed by atoms with Crippen molar-refractivity contribution in [2.75, 3.05) is 6.54 Å². The van der Waals surface area contributed by atoms with Crippen LogP contribution in [0.4, 0.5) is 0 Å². The van der Waals surface area contributed by atoms with Crippen molar-refractivity contribution < 1.29 is 14.4 Å². The number of hydrogen-bond acceptors (Lipinski definition) is 4. The molecule has 0 unspecified atom stereocenters. The number of amides is 3. The highest BCUT2D eigenvalue weighted by atomic mass is 16.2. The summed E-state index contributed by atoms with van der Waals surface area (Å²) in [6, 6.07) is 4.99. The second-order valence-electron chi connectivity index (χ2n) is 8.77. The molecule has 0 atom stereocenters. The van der Waals surface area contributed by atoms with Crippen LogP contribution in [0.5, 0.6) is 0 Å². The molecule has 0 spiro atoms. The molecule has 7 nitrogen and oxygen atoms in total. The van der Waals surface area contributed by atoms with E-state index in [4.69, 9.17) is 0 Å². The van der Waals surface area contributed by atoms with Gasteiger partial charge in [-0.2, -0.15) is 0 Å². The van der Waals surface area contributed by atoms with Crippen LogP contribution < -0.4 is 16.2 Å². The van der Waals surface area contributed by atoms with Gasteiger partial charge in [-0.15, -0.1) is 0 Å². The Morgan fingerprint density at radius 3 is 2.29 bits per heavy atom. The molecule has 28 heavy (non-hydrogen) atoms. The van der Waals surface area contributed by atoms with E-state index in [-0.39, 0.29) is 29.3 Å². The molecule has 4 aliphatic carbocycles. The lowest BCUT2D eigenvalue weighted by molar-refractivity contribution is -0.146. The Morgan fingerprint density at radius 2 is 1.68 bits per heavy atom. The topological polar surface area (TPSA) is 100 Å². The Labute approximate surface area is 165 Å². The number of rotatable bonds is 6. The smallest absolute Gasteiger partial charge is 0.288 e. The fraction of sp³-hybridized carbons (Fsp3) is 0.619. The van der Waals surface area contributed by atoms with Gasteiger partial charge in [0.25, 0.3) is 5.91 Å². The minimum Gasteiger partial charge on any atom is -0.356 e. The number of aromatic nitrogens is 1. The molecule has 1 aromatic heterocycles. The van der Waals surface area contributed by atoms with Crippen molar-refractivity contribution >= 4 is 17.7 Å². The number of hydrazine groups is 1. The summed E-state index contributed by atoms with van der Waals surface area (Å²) in [5.41, 5.74) is 4.83. The Bertz CT molecular complexity index is 714. The van der Waals surface area contributed by atoms with Crippen molar-refractivity contribution in [3.8, 4) is 0 Å². The molecule has 3 N–H and O–H groups in total. The minimum atomic E-state index is -0.455. The van der Waals surface area contributed by atoms with E-state index in [1.54, 1.807) is 18.2 Å². The maximum atomic E-state index is 12.8. The maximum absolute atomic E-state index is 12.8. The lowest BCUT2D eigenvalue weighted by atomic mass is 9.49. The molecule has 7 heteroatoms.